The van der Waals surface area contributed by atoms with Gasteiger partial charge in [-0.25, -0.2) is 4.42 Å². The van der Waals surface area contributed by atoms with E-state index in [4.69, 9.17) is 27.7 Å². The molecule has 0 bridgehead atoms. The van der Waals surface area contributed by atoms with Gasteiger partial charge in [-0.15, -0.1) is 0 Å². The number of amides is 1. The van der Waals surface area contributed by atoms with Crippen LogP contribution in [0.5, 0.6) is 0 Å². The number of rotatable bonds is 6. The van der Waals surface area contributed by atoms with E-state index in [1.165, 1.54) is 24.3 Å². The fraction of sp³-hybridized carbons (Fsp3) is 0.263. The van der Waals surface area contributed by atoms with Crippen molar-refractivity contribution in [3.8, 4) is 0 Å². The molecule has 2 aromatic rings. The summed E-state index contributed by atoms with van der Waals surface area (Å²) in [6, 6.07) is 6.87. The summed E-state index contributed by atoms with van der Waals surface area (Å²) in [6.07, 6.45) is -12.1. The van der Waals surface area contributed by atoms with Gasteiger partial charge in [0, 0.05) is 30.0 Å². The molecule has 0 saturated carbocycles. The highest BCUT2D eigenvalue weighted by Crippen LogP contribution is 2.40. The predicted octanol–water partition coefficient (Wildman–Crippen LogP) is 4.88. The Labute approximate surface area is 178 Å². The Balaban J connectivity index is 2.35. The largest absolute Gasteiger partial charge is 0.416 e. The molecule has 0 heterocycles. The van der Waals surface area contributed by atoms with Crippen LogP contribution in [0, 0.1) is 5.41 Å². The zero-order valence-corrected chi connectivity index (χ0v) is 16.6. The first-order valence-electron chi connectivity index (χ1n) is 8.47. The Bertz CT molecular complexity index is 961. The summed E-state index contributed by atoms with van der Waals surface area (Å²) in [7, 11) is 0.937. The number of methoxy groups -OCH3 is 1. The van der Waals surface area contributed by atoms with E-state index in [1.54, 1.807) is 0 Å². The molecule has 1 amide bonds. The molecule has 12 heteroatoms. The smallest absolute Gasteiger partial charge is 0.384 e. The van der Waals surface area contributed by atoms with Gasteiger partial charge in [0.2, 0.25) is 0 Å². The summed E-state index contributed by atoms with van der Waals surface area (Å²) in [6.45, 7) is -0.250. The Hall–Kier alpha value is -2.79. The zero-order chi connectivity index (χ0) is 23.6. The van der Waals surface area contributed by atoms with Crippen LogP contribution in [-0.2, 0) is 28.4 Å². The molecular formula is C19H16ClF6N3O2. The van der Waals surface area contributed by atoms with Crippen LogP contribution in [0.3, 0.4) is 0 Å². The number of ether oxygens (including phenoxy) is 1. The van der Waals surface area contributed by atoms with Crippen LogP contribution in [0.15, 0.2) is 42.5 Å². The molecule has 31 heavy (non-hydrogen) atoms. The SMILES string of the molecule is COC(C(=O)N(Cl)Cc1ccc(C(=N)N)cc1)c1ccc(C(F)(F)F)cc1C(F)(F)F. The van der Waals surface area contributed by atoms with Crippen LogP contribution in [0.4, 0.5) is 26.3 Å². The lowest BCUT2D eigenvalue weighted by molar-refractivity contribution is -0.145. The zero-order valence-electron chi connectivity index (χ0n) is 15.8. The lowest BCUT2D eigenvalue weighted by atomic mass is 9.98. The molecule has 0 aromatic heterocycles. The fourth-order valence-corrected chi connectivity index (χ4v) is 2.95. The number of nitrogens with zero attached hydrogens (tertiary/aromatic N) is 1. The average Bonchev–Trinajstić information content (AvgIpc) is 2.67. The van der Waals surface area contributed by atoms with Crippen molar-refractivity contribution in [2.24, 2.45) is 5.73 Å². The van der Waals surface area contributed by atoms with Gasteiger partial charge >= 0.3 is 12.4 Å². The maximum Gasteiger partial charge on any atom is 0.416 e. The minimum Gasteiger partial charge on any atom is -0.384 e. The third kappa shape index (κ3) is 5.88. The van der Waals surface area contributed by atoms with E-state index in [1.807, 2.05) is 0 Å². The van der Waals surface area contributed by atoms with Gasteiger partial charge in [-0.3, -0.25) is 10.2 Å². The van der Waals surface area contributed by atoms with Gasteiger partial charge in [-0.05, 0) is 17.7 Å². The monoisotopic (exact) mass is 467 g/mol. The quantitative estimate of drug-likeness (QED) is 0.275. The maximum atomic E-state index is 13.4. The summed E-state index contributed by atoms with van der Waals surface area (Å²) in [5.74, 6) is -1.29. The normalized spacial score (nSPS) is 13.0. The molecule has 0 radical (unpaired) electrons. The Kier molecular flexibility index (Phi) is 7.22. The number of hydrogen-bond acceptors (Lipinski definition) is 3. The van der Waals surface area contributed by atoms with E-state index in [2.05, 4.69) is 0 Å². The third-order valence-corrected chi connectivity index (χ3v) is 4.54. The van der Waals surface area contributed by atoms with Crippen LogP contribution < -0.4 is 5.73 Å². The number of carbonyl (C=O) groups is 1. The van der Waals surface area contributed by atoms with Gasteiger partial charge < -0.3 is 10.5 Å². The molecule has 1 unspecified atom stereocenters. The van der Waals surface area contributed by atoms with Crippen molar-refractivity contribution in [2.45, 2.75) is 25.0 Å². The van der Waals surface area contributed by atoms with Gasteiger partial charge in [0.05, 0.1) is 17.7 Å². The number of hydrogen-bond donors (Lipinski definition) is 2. The first kappa shape index (κ1) is 24.5. The third-order valence-electron chi connectivity index (χ3n) is 4.25. The van der Waals surface area contributed by atoms with Crippen molar-refractivity contribution in [3.05, 3.63) is 70.3 Å². The molecule has 0 saturated heterocycles. The molecule has 2 rings (SSSR count). The van der Waals surface area contributed by atoms with E-state index >= 15 is 0 Å². The molecule has 5 nitrogen and oxygen atoms in total. The molecular weight excluding hydrogens is 452 g/mol. The molecule has 0 aliphatic carbocycles. The molecule has 0 fully saturated rings. The lowest BCUT2D eigenvalue weighted by Gasteiger charge is -2.24. The highest BCUT2D eigenvalue weighted by Gasteiger charge is 2.41. The highest BCUT2D eigenvalue weighted by molar-refractivity contribution is 6.21. The van der Waals surface area contributed by atoms with Crippen molar-refractivity contribution < 1.29 is 35.9 Å². The van der Waals surface area contributed by atoms with E-state index < -0.39 is 41.1 Å². The van der Waals surface area contributed by atoms with Gasteiger partial charge in [0.15, 0.2) is 6.10 Å². The number of benzene rings is 2. The summed E-state index contributed by atoms with van der Waals surface area (Å²) in [5, 5.41) is 7.32. The van der Waals surface area contributed by atoms with Gasteiger partial charge in [0.1, 0.15) is 5.84 Å². The second kappa shape index (κ2) is 9.15. The molecule has 0 aliphatic heterocycles. The first-order valence-corrected chi connectivity index (χ1v) is 8.81. The van der Waals surface area contributed by atoms with Crippen LogP contribution in [0.1, 0.15) is 33.9 Å². The van der Waals surface area contributed by atoms with Crippen LogP contribution in [0.2, 0.25) is 0 Å². The topological polar surface area (TPSA) is 79.4 Å². The lowest BCUT2D eigenvalue weighted by Crippen LogP contribution is -2.30. The molecule has 1 atom stereocenters. The van der Waals surface area contributed by atoms with Crippen LogP contribution >= 0.6 is 11.8 Å². The summed E-state index contributed by atoms with van der Waals surface area (Å²) >= 11 is 5.94. The average molecular weight is 468 g/mol. The second-order valence-electron chi connectivity index (χ2n) is 6.38. The summed E-state index contributed by atoms with van der Waals surface area (Å²) in [5.41, 5.74) is 2.24. The van der Waals surface area contributed by atoms with Crippen molar-refractivity contribution >= 4 is 23.5 Å². The molecule has 0 aliphatic rings. The standard InChI is InChI=1S/C19H16ClF6N3O2/c1-31-15(13-7-6-12(18(21,22)23)8-14(13)19(24,25)26)17(30)29(20)9-10-2-4-11(5-3-10)16(27)28/h2-8,15H,9H2,1H3,(H3,27,28). The van der Waals surface area contributed by atoms with Gasteiger partial charge in [0.25, 0.3) is 5.91 Å². The van der Waals surface area contributed by atoms with E-state index in [0.717, 1.165) is 7.11 Å². The number of alkyl halides is 6. The predicted molar refractivity (Wildman–Crippen MR) is 100 cm³/mol. The minimum atomic E-state index is -5.17. The van der Waals surface area contributed by atoms with E-state index in [9.17, 15) is 31.1 Å². The Morgan fingerprint density at radius 1 is 1.10 bits per heavy atom. The van der Waals surface area contributed by atoms with Crippen molar-refractivity contribution in [1.82, 2.24) is 4.42 Å². The molecule has 2 aromatic carbocycles. The molecule has 168 valence electrons. The van der Waals surface area contributed by atoms with Gasteiger partial charge in [-0.1, -0.05) is 30.3 Å². The van der Waals surface area contributed by atoms with Crippen molar-refractivity contribution in [1.29, 1.82) is 5.41 Å². The Morgan fingerprint density at radius 3 is 2.13 bits per heavy atom. The highest BCUT2D eigenvalue weighted by atomic mass is 35.5. The Morgan fingerprint density at radius 2 is 1.68 bits per heavy atom. The summed E-state index contributed by atoms with van der Waals surface area (Å²) in [4.78, 5) is 12.6. The number of amidine groups is 1. The van der Waals surface area contributed by atoms with Gasteiger partial charge in [-0.2, -0.15) is 26.3 Å². The number of nitrogens with one attached hydrogen (secondary N) is 1. The number of carbonyl (C=O) groups excluding carboxylic acids is 1. The second-order valence-corrected chi connectivity index (χ2v) is 6.79. The van der Waals surface area contributed by atoms with Crippen LogP contribution in [0.25, 0.3) is 0 Å². The number of nitrogens with two attached hydrogens (primary N) is 1. The first-order chi connectivity index (χ1) is 14.3. The summed E-state index contributed by atoms with van der Waals surface area (Å²) < 4.78 is 84.3. The minimum absolute atomic E-state index is 0.0757. The van der Waals surface area contributed by atoms with E-state index in [0.29, 0.717) is 27.7 Å². The van der Waals surface area contributed by atoms with E-state index in [-0.39, 0.29) is 18.4 Å². The number of halogens is 7. The fourth-order valence-electron chi connectivity index (χ4n) is 2.72. The van der Waals surface area contributed by atoms with Crippen molar-refractivity contribution in [3.63, 3.8) is 0 Å². The molecule has 0 spiro atoms. The van der Waals surface area contributed by atoms with Crippen LogP contribution in [-0.4, -0.2) is 23.3 Å². The molecule has 3 N–H and O–H groups in total. The van der Waals surface area contributed by atoms with Crippen molar-refractivity contribution in [2.75, 3.05) is 7.11 Å². The maximum absolute atomic E-state index is 13.4. The number of nitrogen functional groups attached to an aromatic ring is 1.